The van der Waals surface area contributed by atoms with Crippen LogP contribution in [0.5, 0.6) is 5.88 Å². The lowest BCUT2D eigenvalue weighted by atomic mass is 9.89. The van der Waals surface area contributed by atoms with Crippen molar-refractivity contribution < 1.29 is 18.7 Å². The first kappa shape index (κ1) is 22.7. The molecule has 2 N–H and O–H groups in total. The summed E-state index contributed by atoms with van der Waals surface area (Å²) >= 11 is 6.35. The summed E-state index contributed by atoms with van der Waals surface area (Å²) in [4.78, 5) is 36.5. The number of anilines is 1. The Morgan fingerprint density at radius 2 is 2.15 bits per heavy atom. The molecule has 10 heteroatoms. The van der Waals surface area contributed by atoms with Crippen molar-refractivity contribution in [2.24, 2.45) is 0 Å². The van der Waals surface area contributed by atoms with Gasteiger partial charge in [0, 0.05) is 46.2 Å². The minimum Gasteiger partial charge on any atom is -0.329 e. The number of hydrogen-bond acceptors (Lipinski definition) is 4. The number of benzene rings is 1. The fourth-order valence-electron chi connectivity index (χ4n) is 4.27. The normalized spacial score (nSPS) is 17.4. The SMILES string of the molecule is CCC1c2c[nH]c(=O)cc2CC(C)N1C(=O)Nc1cc(Cl)c(-c2ccc(OF)nc2)cc1F. The Labute approximate surface area is 193 Å². The molecule has 0 bridgehead atoms. The van der Waals surface area contributed by atoms with E-state index in [1.54, 1.807) is 17.2 Å². The van der Waals surface area contributed by atoms with Crippen molar-refractivity contribution in [3.63, 3.8) is 0 Å². The van der Waals surface area contributed by atoms with Crippen LogP contribution >= 0.6 is 11.6 Å². The van der Waals surface area contributed by atoms with Crippen molar-refractivity contribution in [3.8, 4) is 17.0 Å². The van der Waals surface area contributed by atoms with Gasteiger partial charge in [-0.1, -0.05) is 18.5 Å². The van der Waals surface area contributed by atoms with Crippen LogP contribution in [0.1, 0.15) is 37.4 Å². The fourth-order valence-corrected chi connectivity index (χ4v) is 4.55. The second kappa shape index (κ2) is 9.19. The third-order valence-electron chi connectivity index (χ3n) is 5.78. The molecule has 2 amide bonds. The van der Waals surface area contributed by atoms with Gasteiger partial charge in [0.15, 0.2) is 0 Å². The van der Waals surface area contributed by atoms with Crippen LogP contribution in [-0.4, -0.2) is 26.9 Å². The van der Waals surface area contributed by atoms with Crippen LogP contribution in [-0.2, 0) is 6.42 Å². The van der Waals surface area contributed by atoms with Crippen LogP contribution in [0.2, 0.25) is 5.02 Å². The highest BCUT2D eigenvalue weighted by Crippen LogP contribution is 2.36. The molecule has 0 fully saturated rings. The molecule has 0 aliphatic carbocycles. The molecule has 33 heavy (non-hydrogen) atoms. The van der Waals surface area contributed by atoms with Gasteiger partial charge in [-0.05, 0) is 49.1 Å². The molecule has 1 aliphatic rings. The summed E-state index contributed by atoms with van der Waals surface area (Å²) in [5, 5.41) is 2.81. The van der Waals surface area contributed by atoms with Crippen LogP contribution in [0.25, 0.3) is 11.1 Å². The minimum absolute atomic E-state index is 0.0697. The summed E-state index contributed by atoms with van der Waals surface area (Å²) in [5.41, 5.74) is 2.30. The third kappa shape index (κ3) is 4.41. The maximum Gasteiger partial charge on any atom is 0.322 e. The van der Waals surface area contributed by atoms with Gasteiger partial charge in [-0.15, -0.1) is 0 Å². The second-order valence-corrected chi connectivity index (χ2v) is 8.27. The van der Waals surface area contributed by atoms with Gasteiger partial charge in [0.25, 0.3) is 5.88 Å². The molecular weight excluding hydrogens is 454 g/mol. The van der Waals surface area contributed by atoms with E-state index in [4.69, 9.17) is 11.6 Å². The fraction of sp³-hybridized carbons (Fsp3) is 0.261. The number of H-pyrrole nitrogens is 1. The number of aromatic nitrogens is 2. The molecule has 2 aromatic heterocycles. The Morgan fingerprint density at radius 1 is 1.36 bits per heavy atom. The van der Waals surface area contributed by atoms with Crippen molar-refractivity contribution in [1.29, 1.82) is 0 Å². The second-order valence-electron chi connectivity index (χ2n) is 7.87. The van der Waals surface area contributed by atoms with E-state index in [1.807, 2.05) is 13.8 Å². The van der Waals surface area contributed by atoms with Gasteiger partial charge in [-0.25, -0.2) is 14.2 Å². The molecule has 2 atom stereocenters. The minimum atomic E-state index is -0.684. The van der Waals surface area contributed by atoms with E-state index in [2.05, 4.69) is 20.2 Å². The number of hydrogen-bond donors (Lipinski definition) is 2. The summed E-state index contributed by atoms with van der Waals surface area (Å²) in [6.45, 7) is 3.83. The predicted molar refractivity (Wildman–Crippen MR) is 120 cm³/mol. The lowest BCUT2D eigenvalue weighted by molar-refractivity contribution is -0.0118. The van der Waals surface area contributed by atoms with Crippen molar-refractivity contribution in [3.05, 3.63) is 75.0 Å². The van der Waals surface area contributed by atoms with Gasteiger partial charge >= 0.3 is 6.03 Å². The Hall–Kier alpha value is -3.46. The lowest BCUT2D eigenvalue weighted by Gasteiger charge is -2.41. The molecule has 0 saturated heterocycles. The number of fused-ring (bicyclic) bond motifs is 1. The summed E-state index contributed by atoms with van der Waals surface area (Å²) in [6, 6.07) is 5.89. The lowest BCUT2D eigenvalue weighted by Crippen LogP contribution is -2.48. The number of urea groups is 1. The van der Waals surface area contributed by atoms with Crippen LogP contribution < -0.4 is 15.8 Å². The van der Waals surface area contributed by atoms with E-state index in [0.717, 1.165) is 11.1 Å². The van der Waals surface area contributed by atoms with Gasteiger partial charge < -0.3 is 15.2 Å². The molecular formula is C23H21ClF2N4O3. The van der Waals surface area contributed by atoms with Crippen LogP contribution in [0, 0.1) is 5.82 Å². The number of amides is 2. The first-order valence-electron chi connectivity index (χ1n) is 10.4. The summed E-state index contributed by atoms with van der Waals surface area (Å²) in [6.07, 6.45) is 4.07. The first-order valence-corrected chi connectivity index (χ1v) is 10.7. The molecule has 4 rings (SSSR count). The van der Waals surface area contributed by atoms with Crippen molar-refractivity contribution in [2.75, 3.05) is 5.32 Å². The molecule has 172 valence electrons. The Balaban J connectivity index is 1.60. The molecule has 0 spiro atoms. The maximum atomic E-state index is 14.9. The van der Waals surface area contributed by atoms with Crippen LogP contribution in [0.4, 0.5) is 19.4 Å². The first-order chi connectivity index (χ1) is 15.8. The van der Waals surface area contributed by atoms with E-state index in [9.17, 15) is 18.5 Å². The third-order valence-corrected chi connectivity index (χ3v) is 6.09. The molecule has 0 saturated carbocycles. The molecule has 7 nitrogen and oxygen atoms in total. The molecule has 3 aromatic rings. The predicted octanol–water partition coefficient (Wildman–Crippen LogP) is 5.42. The number of carbonyl (C=O) groups is 1. The van der Waals surface area contributed by atoms with Gasteiger partial charge in [0.2, 0.25) is 5.56 Å². The van der Waals surface area contributed by atoms with E-state index in [0.29, 0.717) is 24.0 Å². The Bertz CT molecular complexity index is 1250. The highest BCUT2D eigenvalue weighted by molar-refractivity contribution is 6.33. The van der Waals surface area contributed by atoms with E-state index >= 15 is 0 Å². The van der Waals surface area contributed by atoms with Crippen molar-refractivity contribution in [2.45, 2.75) is 38.8 Å². The van der Waals surface area contributed by atoms with E-state index in [-0.39, 0.29) is 34.2 Å². The zero-order chi connectivity index (χ0) is 23.7. The zero-order valence-corrected chi connectivity index (χ0v) is 18.6. The van der Waals surface area contributed by atoms with Crippen molar-refractivity contribution in [1.82, 2.24) is 14.9 Å². The highest BCUT2D eigenvalue weighted by Gasteiger charge is 2.35. The Morgan fingerprint density at radius 3 is 2.82 bits per heavy atom. The number of aromatic amines is 1. The van der Waals surface area contributed by atoms with E-state index in [1.165, 1.54) is 30.5 Å². The molecule has 1 aliphatic heterocycles. The van der Waals surface area contributed by atoms with Crippen LogP contribution in [0.3, 0.4) is 0 Å². The Kier molecular flexibility index (Phi) is 6.33. The standard InChI is InChI=1S/C23H21ClF2N4O3/c1-3-20-16-11-27-21(31)7-14(16)6-12(2)30(20)23(32)29-19-9-17(24)15(8-18(19)25)13-4-5-22(33-26)28-10-13/h4-5,7-12,20H,3,6H2,1-2H3,(H,27,31)(H,29,32). The monoisotopic (exact) mass is 474 g/mol. The molecule has 1 aromatic carbocycles. The maximum absolute atomic E-state index is 14.9. The number of rotatable bonds is 4. The number of nitrogens with zero attached hydrogens (tertiary/aromatic N) is 2. The van der Waals surface area contributed by atoms with Gasteiger partial charge in [0.05, 0.1) is 16.8 Å². The van der Waals surface area contributed by atoms with Crippen molar-refractivity contribution >= 4 is 23.3 Å². The number of pyridine rings is 2. The van der Waals surface area contributed by atoms with Gasteiger partial charge in [-0.2, -0.15) is 0 Å². The number of carbonyl (C=O) groups excluding carboxylic acids is 1. The largest absolute Gasteiger partial charge is 0.329 e. The van der Waals surface area contributed by atoms with Gasteiger partial charge in [0.1, 0.15) is 5.82 Å². The smallest absolute Gasteiger partial charge is 0.322 e. The van der Waals surface area contributed by atoms with Gasteiger partial charge in [-0.3, -0.25) is 9.74 Å². The average molecular weight is 475 g/mol. The summed E-state index contributed by atoms with van der Waals surface area (Å²) < 4.78 is 27.1. The molecule has 2 unspecified atom stereocenters. The summed E-state index contributed by atoms with van der Waals surface area (Å²) in [5.74, 6) is -0.915. The van der Waals surface area contributed by atoms with E-state index < -0.39 is 11.8 Å². The highest BCUT2D eigenvalue weighted by atomic mass is 35.5. The van der Waals surface area contributed by atoms with Crippen LogP contribution in [0.15, 0.2) is 47.5 Å². The number of halogens is 3. The number of nitrogens with one attached hydrogen (secondary N) is 2. The average Bonchev–Trinajstić information content (AvgIpc) is 2.80. The molecule has 0 radical (unpaired) electrons. The molecule has 3 heterocycles. The quantitative estimate of drug-likeness (QED) is 0.528. The zero-order valence-electron chi connectivity index (χ0n) is 17.9. The summed E-state index contributed by atoms with van der Waals surface area (Å²) in [7, 11) is 0. The topological polar surface area (TPSA) is 87.3 Å².